The van der Waals surface area contributed by atoms with E-state index < -0.39 is 96.7 Å². The number of esters is 1. The van der Waals surface area contributed by atoms with Gasteiger partial charge in [-0.25, -0.2) is 4.79 Å². The second kappa shape index (κ2) is 22.9. The fourth-order valence-corrected chi connectivity index (χ4v) is 14.0. The van der Waals surface area contributed by atoms with Crippen LogP contribution in [0.4, 0.5) is 4.79 Å². The van der Waals surface area contributed by atoms with E-state index in [1.807, 2.05) is 0 Å². The quantitative estimate of drug-likeness (QED) is 0.0785. The summed E-state index contributed by atoms with van der Waals surface area (Å²) in [4.78, 5) is 65.6. The summed E-state index contributed by atoms with van der Waals surface area (Å²) in [7, 11) is 1.57. The first-order chi connectivity index (χ1) is 35.1. The molecule has 9 saturated heterocycles. The molecule has 9 aliphatic heterocycles. The molecule has 0 aromatic heterocycles. The Hall–Kier alpha value is -3.02. The zero-order valence-electron chi connectivity index (χ0n) is 42.1. The van der Waals surface area contributed by atoms with E-state index >= 15 is 0 Å². The van der Waals surface area contributed by atoms with Crippen LogP contribution < -0.4 is 5.32 Å². The van der Waals surface area contributed by atoms with E-state index in [1.165, 1.54) is 4.90 Å². The Bertz CT molecular complexity index is 2070. The number of fused-ring (bicyclic) bond motifs is 9. The van der Waals surface area contributed by atoms with Gasteiger partial charge in [0.1, 0.15) is 30.2 Å². The molecule has 3 amide bonds. The Morgan fingerprint density at radius 1 is 0.781 bits per heavy atom. The minimum Gasteiger partial charge on any atom is -0.428 e. The minimum atomic E-state index is -1.09. The lowest BCUT2D eigenvalue weighted by Crippen LogP contribution is -2.63. The summed E-state index contributed by atoms with van der Waals surface area (Å²) in [6.07, 6.45) is 3.04. The number of hydrogen-bond donors (Lipinski definition) is 4. The highest BCUT2D eigenvalue weighted by Crippen LogP contribution is 2.49. The van der Waals surface area contributed by atoms with E-state index in [1.54, 1.807) is 7.11 Å². The van der Waals surface area contributed by atoms with Gasteiger partial charge in [-0.2, -0.15) is 12.6 Å². The Balaban J connectivity index is 0.753. The molecule has 406 valence electrons. The molecular formula is C53H76N2O17S. The number of methoxy groups -OCH3 is 1. The molecule has 1 aliphatic carbocycles. The number of aliphatic hydroxyl groups is 2. The Morgan fingerprint density at radius 2 is 1.55 bits per heavy atom. The van der Waals surface area contributed by atoms with Gasteiger partial charge in [0.15, 0.2) is 5.79 Å². The summed E-state index contributed by atoms with van der Waals surface area (Å²) in [6, 6.07) is 0. The molecular weight excluding hydrogens is 969 g/mol. The highest BCUT2D eigenvalue weighted by molar-refractivity contribution is 7.81. The molecule has 18 atom stereocenters. The van der Waals surface area contributed by atoms with Gasteiger partial charge < -0.3 is 62.9 Å². The molecule has 10 bridgehead atoms. The van der Waals surface area contributed by atoms with E-state index in [2.05, 4.69) is 31.1 Å². The van der Waals surface area contributed by atoms with Crippen molar-refractivity contribution in [3.63, 3.8) is 0 Å². The molecule has 3 N–H and O–H groups in total. The normalized spacial score (nSPS) is 43.5. The molecule has 9 heterocycles. The third kappa shape index (κ3) is 11.9. The van der Waals surface area contributed by atoms with Gasteiger partial charge in [-0.05, 0) is 101 Å². The summed E-state index contributed by atoms with van der Waals surface area (Å²) in [5.74, 6) is -2.64. The predicted octanol–water partition coefficient (Wildman–Crippen LogP) is 4.31. The van der Waals surface area contributed by atoms with Crippen LogP contribution in [0.1, 0.15) is 128 Å². The van der Waals surface area contributed by atoms with Crippen LogP contribution in [0.3, 0.4) is 0 Å². The minimum absolute atomic E-state index is 0.0295. The summed E-state index contributed by atoms with van der Waals surface area (Å²) in [5, 5.41) is 24.9. The van der Waals surface area contributed by atoms with Crippen LogP contribution in [0.15, 0.2) is 24.3 Å². The first kappa shape index (κ1) is 53.4. The maximum Gasteiger partial charge on any atom is 0.410 e. The van der Waals surface area contributed by atoms with Crippen LogP contribution in [-0.4, -0.2) is 174 Å². The van der Waals surface area contributed by atoms with Crippen molar-refractivity contribution in [2.24, 2.45) is 17.8 Å². The number of hydrogen-bond acceptors (Lipinski definition) is 18. The van der Waals surface area contributed by atoms with Crippen LogP contribution in [-0.2, 0) is 66.5 Å². The summed E-state index contributed by atoms with van der Waals surface area (Å²) in [5.41, 5.74) is 2.03. The average molecular weight is 1050 g/mol. The number of ketones is 1. The molecule has 10 fully saturated rings. The molecule has 19 nitrogen and oxygen atoms in total. The number of thiol groups is 1. The van der Waals surface area contributed by atoms with Crippen LogP contribution in [0.2, 0.25) is 0 Å². The zero-order valence-corrected chi connectivity index (χ0v) is 43.0. The number of carbonyl (C=O) groups is 5. The van der Waals surface area contributed by atoms with Gasteiger partial charge >= 0.3 is 12.1 Å². The van der Waals surface area contributed by atoms with Gasteiger partial charge in [-0.15, -0.1) is 0 Å². The molecule has 20 heteroatoms. The lowest BCUT2D eigenvalue weighted by Gasteiger charge is -2.49. The van der Waals surface area contributed by atoms with Crippen molar-refractivity contribution in [3.8, 4) is 0 Å². The average Bonchev–Trinajstić information content (AvgIpc) is 4.10. The van der Waals surface area contributed by atoms with Crippen molar-refractivity contribution in [2.75, 3.05) is 27.0 Å². The van der Waals surface area contributed by atoms with Crippen LogP contribution in [0.5, 0.6) is 0 Å². The molecule has 10 aliphatic rings. The molecule has 73 heavy (non-hydrogen) atoms. The number of aliphatic hydroxyl groups excluding tert-OH is 2. The SMILES string of the molecule is C=C1C[C@@H]2CC[C@]34CC[C@H](O3)[C@@H]3O[C@H]5CC[C@H](CC(=O)C[C@@H]6[C@@H](OC)[C@@H](C[C@H](O)CNC(=O)OCOC(=O)C7CCC(CN8C(=O)CC(S)C8=O)CC7)O[C@H]6C[C@H]6O[C@H](CCC6=C)CC[C@@H]1O2)O[C@@H]5[C@H](O4)[C@@H]3O. The fourth-order valence-electron chi connectivity index (χ4n) is 13.7. The van der Waals surface area contributed by atoms with E-state index in [9.17, 15) is 34.2 Å². The first-order valence-electron chi connectivity index (χ1n) is 27.1. The smallest absolute Gasteiger partial charge is 0.410 e. The molecule has 1 saturated carbocycles. The van der Waals surface area contributed by atoms with Gasteiger partial charge in [-0.1, -0.05) is 13.2 Å². The van der Waals surface area contributed by atoms with Crippen LogP contribution in [0, 0.1) is 17.8 Å². The molecule has 10 rings (SSSR count). The van der Waals surface area contributed by atoms with Gasteiger partial charge in [0.25, 0.3) is 0 Å². The second-order valence-electron chi connectivity index (χ2n) is 22.6. The lowest BCUT2D eigenvalue weighted by molar-refractivity contribution is -0.299. The molecule has 0 aromatic rings. The van der Waals surface area contributed by atoms with E-state index in [4.69, 9.17) is 47.4 Å². The number of nitrogens with zero attached hydrogens (tertiary/aromatic N) is 1. The number of rotatable bonds is 10. The fraction of sp³-hybridized carbons (Fsp3) is 0.830. The van der Waals surface area contributed by atoms with Gasteiger partial charge in [0.2, 0.25) is 18.6 Å². The monoisotopic (exact) mass is 1040 g/mol. The number of imide groups is 1. The Morgan fingerprint density at radius 3 is 2.33 bits per heavy atom. The lowest BCUT2D eigenvalue weighted by atomic mass is 9.82. The molecule has 1 unspecified atom stereocenters. The number of Topliss-reactive ketones (excluding diaryl/α,β-unsaturated/α-hetero) is 1. The van der Waals surface area contributed by atoms with E-state index in [0.717, 1.165) is 56.1 Å². The van der Waals surface area contributed by atoms with Crippen molar-refractivity contribution >= 4 is 42.3 Å². The zero-order chi connectivity index (χ0) is 51.1. The maximum atomic E-state index is 14.3. The number of amides is 3. The largest absolute Gasteiger partial charge is 0.428 e. The number of ether oxygens (including phenoxy) is 10. The highest BCUT2D eigenvalue weighted by atomic mass is 32.1. The standard InChI is InChI=1S/C53H76N2O17S/c1-27-4-9-33-10-12-37-28(2)18-35(67-37)14-16-53-17-15-39(71-53)47-45(59)49(72-53)48-38(70-47)13-11-34(68-48)19-31(56)20-36-41(22-40(27)66-33)69-42(46(36)63-3)21-32(57)24-54-52(62)65-26-64-51(61)30-7-5-29(6-8-30)25-55-44(58)23-43(73)50(55)60/h29-30,32-43,45-49,57,59,73H,1-2,4-26H2,3H3,(H,54,62)/t29?,30?,32-,33+,34+,35-,36-,37-,38-,39-,40+,41-,42+,43?,45+,46+,47-,48-,49+,53-/m0/s1. The Labute approximate surface area is 432 Å². The van der Waals surface area contributed by atoms with E-state index in [-0.39, 0.29) is 92.4 Å². The first-order valence-corrected chi connectivity index (χ1v) is 27.6. The number of alkyl carbamates (subject to hydrolysis) is 1. The van der Waals surface area contributed by atoms with E-state index in [0.29, 0.717) is 64.3 Å². The highest BCUT2D eigenvalue weighted by Gasteiger charge is 2.60. The molecule has 0 aromatic carbocycles. The van der Waals surface area contributed by atoms with Crippen molar-refractivity contribution in [3.05, 3.63) is 24.3 Å². The van der Waals surface area contributed by atoms with Crippen molar-refractivity contribution < 1.29 is 81.6 Å². The van der Waals surface area contributed by atoms with Crippen molar-refractivity contribution in [1.29, 1.82) is 0 Å². The molecule has 1 spiro atoms. The number of carbonyl (C=O) groups excluding carboxylic acids is 5. The third-order valence-electron chi connectivity index (χ3n) is 17.7. The van der Waals surface area contributed by atoms with Gasteiger partial charge in [0, 0.05) is 71.1 Å². The van der Waals surface area contributed by atoms with Crippen molar-refractivity contribution in [1.82, 2.24) is 10.2 Å². The third-order valence-corrected chi connectivity index (χ3v) is 18.1. The van der Waals surface area contributed by atoms with Crippen LogP contribution in [0.25, 0.3) is 0 Å². The summed E-state index contributed by atoms with van der Waals surface area (Å²) >= 11 is 4.19. The topological polar surface area (TPSA) is 233 Å². The maximum absolute atomic E-state index is 14.3. The van der Waals surface area contributed by atoms with Crippen LogP contribution >= 0.6 is 12.6 Å². The molecule has 0 radical (unpaired) electrons. The van der Waals surface area contributed by atoms with Gasteiger partial charge in [0.05, 0.1) is 78.3 Å². The number of likely N-dealkylation sites (tertiary alicyclic amines) is 1. The van der Waals surface area contributed by atoms with Crippen molar-refractivity contribution in [2.45, 2.75) is 231 Å². The summed E-state index contributed by atoms with van der Waals surface area (Å²) in [6.45, 7) is 8.32. The van der Waals surface area contributed by atoms with Gasteiger partial charge in [-0.3, -0.25) is 24.1 Å². The second-order valence-corrected chi connectivity index (χ2v) is 23.2. The predicted molar refractivity (Wildman–Crippen MR) is 260 cm³/mol. The summed E-state index contributed by atoms with van der Waals surface area (Å²) < 4.78 is 63.4. The Kier molecular flexibility index (Phi) is 16.7. The number of nitrogens with one attached hydrogen (secondary N) is 1.